The zero-order chi connectivity index (χ0) is 20.0. The van der Waals surface area contributed by atoms with Crippen molar-refractivity contribution in [2.24, 2.45) is 17.6 Å². The Balaban J connectivity index is 2.88. The molecule has 0 saturated heterocycles. The molecule has 0 aliphatic carbocycles. The molecule has 0 aromatic carbocycles. The number of rotatable bonds is 9. The third kappa shape index (κ3) is 5.49. The maximum absolute atomic E-state index is 12.7. The topological polar surface area (TPSA) is 106 Å². The molecule has 1 rings (SSSR count). The first-order valence-corrected chi connectivity index (χ1v) is 9.75. The van der Waals surface area contributed by atoms with Gasteiger partial charge in [0.25, 0.3) is 0 Å². The Hall–Kier alpha value is -1.51. The number of nitrogens with two attached hydrogens (primary N) is 1. The van der Waals surface area contributed by atoms with Crippen molar-refractivity contribution < 1.29 is 19.4 Å². The fourth-order valence-electron chi connectivity index (χ4n) is 2.74. The third-order valence-corrected chi connectivity index (χ3v) is 5.77. The minimum absolute atomic E-state index is 0.0873. The number of hydrogen-bond donors (Lipinski definition) is 2. The third-order valence-electron chi connectivity index (χ3n) is 4.82. The average molecular weight is 386 g/mol. The number of ether oxygens (including phenoxy) is 1. The molecule has 26 heavy (non-hydrogen) atoms. The molecule has 3 N–H and O–H groups in total. The molecule has 1 heterocycles. The average Bonchev–Trinajstić information content (AvgIpc) is 3.12. The van der Waals surface area contributed by atoms with Gasteiger partial charge in [0, 0.05) is 24.9 Å². The summed E-state index contributed by atoms with van der Waals surface area (Å²) in [6.07, 6.45) is 0.271. The van der Waals surface area contributed by atoms with Crippen molar-refractivity contribution in [3.63, 3.8) is 0 Å². The van der Waals surface area contributed by atoms with Crippen molar-refractivity contribution in [2.45, 2.75) is 58.7 Å². The van der Waals surface area contributed by atoms with E-state index in [2.05, 4.69) is 9.72 Å². The van der Waals surface area contributed by atoms with Crippen LogP contribution in [0.4, 0.5) is 0 Å². The van der Waals surface area contributed by atoms with Crippen molar-refractivity contribution in [3.8, 4) is 0 Å². The summed E-state index contributed by atoms with van der Waals surface area (Å²) in [5, 5.41) is 12.6. The number of likely N-dealkylation sites (N-methyl/N-ethyl adjacent to an activating group) is 1. The molecule has 4 atom stereocenters. The largest absolute Gasteiger partial charge is 0.464 e. The number of hydrogen-bond acceptors (Lipinski definition) is 7. The predicted octanol–water partition coefficient (Wildman–Crippen LogP) is 2.21. The number of thiazole rings is 1. The minimum Gasteiger partial charge on any atom is -0.464 e. The van der Waals surface area contributed by atoms with Crippen LogP contribution in [0.25, 0.3) is 0 Å². The number of esters is 1. The second-order valence-corrected chi connectivity index (χ2v) is 7.88. The first-order chi connectivity index (χ1) is 12.1. The summed E-state index contributed by atoms with van der Waals surface area (Å²) < 4.78 is 4.63. The Morgan fingerprint density at radius 2 is 2.00 bits per heavy atom. The van der Waals surface area contributed by atoms with Gasteiger partial charge in [-0.1, -0.05) is 34.1 Å². The summed E-state index contributed by atoms with van der Waals surface area (Å²) in [6, 6.07) is -0.757. The molecule has 0 aliphatic rings. The molecule has 8 heteroatoms. The fraction of sp³-hybridized carbons (Fsp3) is 0.722. The van der Waals surface area contributed by atoms with Crippen molar-refractivity contribution in [3.05, 3.63) is 16.1 Å². The highest BCUT2D eigenvalue weighted by atomic mass is 32.1. The van der Waals surface area contributed by atoms with E-state index in [0.717, 1.165) is 6.42 Å². The summed E-state index contributed by atoms with van der Waals surface area (Å²) in [5.41, 5.74) is 6.27. The molecule has 0 radical (unpaired) electrons. The number of methoxy groups -OCH3 is 1. The van der Waals surface area contributed by atoms with E-state index in [-0.39, 0.29) is 29.5 Å². The van der Waals surface area contributed by atoms with Crippen molar-refractivity contribution >= 4 is 23.2 Å². The molecule has 7 nitrogen and oxygen atoms in total. The molecular weight excluding hydrogens is 354 g/mol. The lowest BCUT2D eigenvalue weighted by Crippen LogP contribution is -2.51. The van der Waals surface area contributed by atoms with Gasteiger partial charge in [-0.2, -0.15) is 0 Å². The minimum atomic E-state index is -0.874. The zero-order valence-electron chi connectivity index (χ0n) is 16.4. The first kappa shape index (κ1) is 22.5. The number of carbonyl (C=O) groups excluding carboxylic acids is 2. The summed E-state index contributed by atoms with van der Waals surface area (Å²) >= 11 is 1.20. The molecule has 0 saturated carbocycles. The van der Waals surface area contributed by atoms with Gasteiger partial charge in [-0.3, -0.25) is 4.79 Å². The maximum atomic E-state index is 12.7. The number of amides is 1. The zero-order valence-corrected chi connectivity index (χ0v) is 17.2. The standard InChI is InChI=1S/C18H31N3O4S/c1-7-11(4)15(19)17(23)21(5)13(10(2)3)8-14(22)16-20-12(9-26-16)18(24)25-6/h9-11,13-15,22H,7-8,19H2,1-6H3. The molecule has 4 unspecified atom stereocenters. The van der Waals surface area contributed by atoms with Gasteiger partial charge in [0.05, 0.1) is 13.2 Å². The van der Waals surface area contributed by atoms with Crippen molar-refractivity contribution in [1.82, 2.24) is 9.88 Å². The molecule has 1 amide bonds. The Kier molecular flexibility index (Phi) is 8.66. The molecule has 0 spiro atoms. The molecule has 0 bridgehead atoms. The van der Waals surface area contributed by atoms with Crippen LogP contribution < -0.4 is 5.73 Å². The van der Waals surface area contributed by atoms with Crippen LogP contribution in [0.3, 0.4) is 0 Å². The second-order valence-electron chi connectivity index (χ2n) is 6.99. The van der Waals surface area contributed by atoms with Gasteiger partial charge >= 0.3 is 5.97 Å². The van der Waals surface area contributed by atoms with Crippen molar-refractivity contribution in [1.29, 1.82) is 0 Å². The van der Waals surface area contributed by atoms with E-state index in [1.54, 1.807) is 17.3 Å². The quantitative estimate of drug-likeness (QED) is 0.631. The van der Waals surface area contributed by atoms with Gasteiger partial charge in [0.15, 0.2) is 5.69 Å². The van der Waals surface area contributed by atoms with Gasteiger partial charge in [-0.15, -0.1) is 11.3 Å². The summed E-state index contributed by atoms with van der Waals surface area (Å²) in [5.74, 6) is -0.446. The number of aliphatic hydroxyl groups excluding tert-OH is 1. The van der Waals surface area contributed by atoms with Crippen LogP contribution in [0.2, 0.25) is 0 Å². The highest BCUT2D eigenvalue weighted by Gasteiger charge is 2.31. The number of nitrogens with zero attached hydrogens (tertiary/aromatic N) is 2. The van der Waals surface area contributed by atoms with E-state index in [0.29, 0.717) is 11.4 Å². The highest BCUT2D eigenvalue weighted by molar-refractivity contribution is 7.09. The number of carbonyl (C=O) groups is 2. The number of aliphatic hydroxyl groups is 1. The van der Waals surface area contributed by atoms with Crippen LogP contribution in [0.5, 0.6) is 0 Å². The lowest BCUT2D eigenvalue weighted by molar-refractivity contribution is -0.136. The van der Waals surface area contributed by atoms with E-state index in [9.17, 15) is 14.7 Å². The maximum Gasteiger partial charge on any atom is 0.357 e. The molecular formula is C18H31N3O4S. The Morgan fingerprint density at radius 3 is 2.50 bits per heavy atom. The molecule has 0 fully saturated rings. The van der Waals surface area contributed by atoms with Crippen LogP contribution >= 0.6 is 11.3 Å². The lowest BCUT2D eigenvalue weighted by atomic mass is 9.93. The van der Waals surface area contributed by atoms with Gasteiger partial charge in [0.2, 0.25) is 5.91 Å². The van der Waals surface area contributed by atoms with Crippen LogP contribution in [0.1, 0.15) is 62.1 Å². The first-order valence-electron chi connectivity index (χ1n) is 8.87. The molecule has 1 aromatic heterocycles. The van der Waals surface area contributed by atoms with E-state index >= 15 is 0 Å². The monoisotopic (exact) mass is 385 g/mol. The van der Waals surface area contributed by atoms with E-state index in [4.69, 9.17) is 5.73 Å². The molecule has 1 aromatic rings. The van der Waals surface area contributed by atoms with Crippen LogP contribution in [-0.2, 0) is 9.53 Å². The van der Waals surface area contributed by atoms with Crippen LogP contribution in [0, 0.1) is 11.8 Å². The SMILES string of the molecule is CCC(C)C(N)C(=O)N(C)C(CC(O)c1nc(C(=O)OC)cs1)C(C)C. The Morgan fingerprint density at radius 1 is 1.38 bits per heavy atom. The van der Waals surface area contributed by atoms with E-state index < -0.39 is 18.1 Å². The fourth-order valence-corrected chi connectivity index (χ4v) is 3.53. The summed E-state index contributed by atoms with van der Waals surface area (Å²) in [6.45, 7) is 7.96. The smallest absolute Gasteiger partial charge is 0.357 e. The van der Waals surface area contributed by atoms with Gasteiger partial charge in [0.1, 0.15) is 11.1 Å². The normalized spacial score (nSPS) is 16.0. The van der Waals surface area contributed by atoms with E-state index in [1.807, 2.05) is 27.7 Å². The molecule has 148 valence electrons. The van der Waals surface area contributed by atoms with Crippen molar-refractivity contribution in [2.75, 3.05) is 14.2 Å². The highest BCUT2D eigenvalue weighted by Crippen LogP contribution is 2.27. The number of aromatic nitrogens is 1. The predicted molar refractivity (Wildman–Crippen MR) is 102 cm³/mol. The Bertz CT molecular complexity index is 605. The van der Waals surface area contributed by atoms with Gasteiger partial charge < -0.3 is 20.5 Å². The van der Waals surface area contributed by atoms with Crippen LogP contribution in [0.15, 0.2) is 5.38 Å². The summed E-state index contributed by atoms with van der Waals surface area (Å²) in [4.78, 5) is 30.0. The van der Waals surface area contributed by atoms with Crippen LogP contribution in [-0.4, -0.2) is 53.1 Å². The lowest BCUT2D eigenvalue weighted by Gasteiger charge is -2.35. The summed E-state index contributed by atoms with van der Waals surface area (Å²) in [7, 11) is 3.01. The van der Waals surface area contributed by atoms with Gasteiger partial charge in [-0.05, 0) is 11.8 Å². The van der Waals surface area contributed by atoms with E-state index in [1.165, 1.54) is 18.4 Å². The Labute approximate surface area is 159 Å². The second kappa shape index (κ2) is 9.99. The molecule has 0 aliphatic heterocycles. The van der Waals surface area contributed by atoms with Gasteiger partial charge in [-0.25, -0.2) is 9.78 Å².